The molecule has 0 radical (unpaired) electrons. The van der Waals surface area contributed by atoms with Crippen molar-refractivity contribution in [2.45, 2.75) is 45.1 Å². The highest BCUT2D eigenvalue weighted by molar-refractivity contribution is 5.28. The average Bonchev–Trinajstić information content (AvgIpc) is 2.39. The molecule has 0 spiro atoms. The number of hydrogen-bond donors (Lipinski definition) is 2. The van der Waals surface area contributed by atoms with Crippen molar-refractivity contribution >= 4 is 0 Å². The third-order valence-corrected chi connectivity index (χ3v) is 3.26. The number of aryl methyl sites for hydroxylation is 1. The van der Waals surface area contributed by atoms with Crippen LogP contribution in [0.15, 0.2) is 24.8 Å². The third-order valence-electron chi connectivity index (χ3n) is 3.26. The molecule has 0 aliphatic heterocycles. The van der Waals surface area contributed by atoms with Crippen molar-refractivity contribution in [3.8, 4) is 0 Å². The molecule has 0 aliphatic carbocycles. The summed E-state index contributed by atoms with van der Waals surface area (Å²) in [4.78, 5) is 0. The summed E-state index contributed by atoms with van der Waals surface area (Å²) in [6.07, 6.45) is 6.68. The lowest BCUT2D eigenvalue weighted by Gasteiger charge is -2.17. The molecule has 0 amide bonds. The second-order valence-corrected chi connectivity index (χ2v) is 4.77. The lowest BCUT2D eigenvalue weighted by atomic mass is 9.98. The van der Waals surface area contributed by atoms with Gasteiger partial charge in [-0.15, -0.1) is 6.58 Å². The maximum atomic E-state index is 13.7. The molecule has 0 aliphatic rings. The van der Waals surface area contributed by atoms with Crippen LogP contribution in [0.3, 0.4) is 0 Å². The summed E-state index contributed by atoms with van der Waals surface area (Å²) in [5, 5.41) is 0. The van der Waals surface area contributed by atoms with Gasteiger partial charge in [-0.3, -0.25) is 11.3 Å². The fourth-order valence-electron chi connectivity index (χ4n) is 2.09. The van der Waals surface area contributed by atoms with Crippen molar-refractivity contribution in [2.75, 3.05) is 0 Å². The van der Waals surface area contributed by atoms with Crippen LogP contribution in [0.25, 0.3) is 0 Å². The molecule has 0 saturated carbocycles. The van der Waals surface area contributed by atoms with E-state index in [4.69, 9.17) is 5.84 Å². The van der Waals surface area contributed by atoms with Gasteiger partial charge in [0, 0.05) is 17.7 Å². The largest absolute Gasteiger partial charge is 0.271 e. The molecule has 1 aromatic carbocycles. The lowest BCUT2D eigenvalue weighted by molar-refractivity contribution is 0.458. The van der Waals surface area contributed by atoms with Gasteiger partial charge >= 0.3 is 0 Å². The molecule has 3 N–H and O–H groups in total. The zero-order valence-electron chi connectivity index (χ0n) is 11.4. The Morgan fingerprint density at radius 3 is 2.63 bits per heavy atom. The van der Waals surface area contributed by atoms with E-state index in [1.165, 1.54) is 6.07 Å². The Kier molecular flexibility index (Phi) is 6.67. The lowest BCUT2D eigenvalue weighted by Crippen LogP contribution is -2.28. The van der Waals surface area contributed by atoms with Crippen molar-refractivity contribution < 1.29 is 8.78 Å². The molecule has 1 aromatic rings. The number of halogens is 2. The molecule has 1 rings (SSSR count). The molecule has 4 heteroatoms. The highest BCUT2D eigenvalue weighted by atomic mass is 19.1. The number of nitrogens with two attached hydrogens (primary N) is 1. The quantitative estimate of drug-likeness (QED) is 0.324. The zero-order chi connectivity index (χ0) is 14.3. The molecule has 2 nitrogen and oxygen atoms in total. The SMILES string of the molecule is C=CCCCCCC(NN)c1cc(C)c(F)cc1F. The van der Waals surface area contributed by atoms with E-state index < -0.39 is 11.6 Å². The summed E-state index contributed by atoms with van der Waals surface area (Å²) in [7, 11) is 0. The molecular formula is C15H22F2N2. The Bertz CT molecular complexity index is 419. The number of benzene rings is 1. The second kappa shape index (κ2) is 8.02. The van der Waals surface area contributed by atoms with Gasteiger partial charge in [0.1, 0.15) is 11.6 Å². The van der Waals surface area contributed by atoms with Crippen LogP contribution in [0.1, 0.15) is 49.3 Å². The fraction of sp³-hybridized carbons (Fsp3) is 0.467. The van der Waals surface area contributed by atoms with E-state index in [-0.39, 0.29) is 6.04 Å². The molecule has 0 saturated heterocycles. The number of nitrogens with one attached hydrogen (secondary N) is 1. The molecule has 0 fully saturated rings. The van der Waals surface area contributed by atoms with Gasteiger partial charge in [0.05, 0.1) is 0 Å². The van der Waals surface area contributed by atoms with E-state index in [2.05, 4.69) is 12.0 Å². The first kappa shape index (κ1) is 15.8. The minimum Gasteiger partial charge on any atom is -0.271 e. The maximum Gasteiger partial charge on any atom is 0.130 e. The van der Waals surface area contributed by atoms with Crippen LogP contribution in [0.5, 0.6) is 0 Å². The zero-order valence-corrected chi connectivity index (χ0v) is 11.4. The Morgan fingerprint density at radius 2 is 2.00 bits per heavy atom. The van der Waals surface area contributed by atoms with Gasteiger partial charge in [0.15, 0.2) is 0 Å². The van der Waals surface area contributed by atoms with Crippen molar-refractivity contribution in [1.29, 1.82) is 0 Å². The minimum atomic E-state index is -0.544. The van der Waals surface area contributed by atoms with Crippen LogP contribution in [-0.4, -0.2) is 0 Å². The summed E-state index contributed by atoms with van der Waals surface area (Å²) >= 11 is 0. The molecule has 19 heavy (non-hydrogen) atoms. The van der Waals surface area contributed by atoms with E-state index in [9.17, 15) is 8.78 Å². The smallest absolute Gasteiger partial charge is 0.130 e. The van der Waals surface area contributed by atoms with Crippen molar-refractivity contribution in [1.82, 2.24) is 5.43 Å². The van der Waals surface area contributed by atoms with E-state index in [0.29, 0.717) is 11.1 Å². The Morgan fingerprint density at radius 1 is 1.26 bits per heavy atom. The highest BCUT2D eigenvalue weighted by Crippen LogP contribution is 2.24. The van der Waals surface area contributed by atoms with Gasteiger partial charge in [-0.05, 0) is 37.8 Å². The van der Waals surface area contributed by atoms with Crippen LogP contribution in [0.4, 0.5) is 8.78 Å². The van der Waals surface area contributed by atoms with Crippen LogP contribution in [0.2, 0.25) is 0 Å². The van der Waals surface area contributed by atoms with Crippen LogP contribution in [-0.2, 0) is 0 Å². The van der Waals surface area contributed by atoms with Crippen molar-refractivity contribution in [3.63, 3.8) is 0 Å². The van der Waals surface area contributed by atoms with Crippen molar-refractivity contribution in [2.24, 2.45) is 5.84 Å². The van der Waals surface area contributed by atoms with Gasteiger partial charge in [0.25, 0.3) is 0 Å². The molecular weight excluding hydrogens is 246 g/mol. The monoisotopic (exact) mass is 268 g/mol. The summed E-state index contributed by atoms with van der Waals surface area (Å²) in [6.45, 7) is 5.29. The van der Waals surface area contributed by atoms with Gasteiger partial charge in [-0.1, -0.05) is 18.9 Å². The molecule has 0 heterocycles. The first-order valence-corrected chi connectivity index (χ1v) is 6.62. The third kappa shape index (κ3) is 4.73. The standard InChI is InChI=1S/C15H22F2N2/c1-3-4-5-6-7-8-15(19-18)12-9-11(2)13(16)10-14(12)17/h3,9-10,15,19H,1,4-8,18H2,2H3. The number of unbranched alkanes of at least 4 members (excludes halogenated alkanes) is 3. The minimum absolute atomic E-state index is 0.275. The maximum absolute atomic E-state index is 13.7. The van der Waals surface area contributed by atoms with Gasteiger partial charge < -0.3 is 0 Å². The average molecular weight is 268 g/mol. The molecule has 1 unspecified atom stereocenters. The van der Waals surface area contributed by atoms with Crippen LogP contribution in [0, 0.1) is 18.6 Å². The number of hydrogen-bond acceptors (Lipinski definition) is 2. The summed E-state index contributed by atoms with van der Waals surface area (Å²) in [5.74, 6) is 4.41. The van der Waals surface area contributed by atoms with Gasteiger partial charge in [0.2, 0.25) is 0 Å². The number of rotatable bonds is 8. The number of allylic oxidation sites excluding steroid dienone is 1. The fourth-order valence-corrected chi connectivity index (χ4v) is 2.09. The van der Waals surface area contributed by atoms with Crippen LogP contribution >= 0.6 is 0 Å². The van der Waals surface area contributed by atoms with Crippen LogP contribution < -0.4 is 11.3 Å². The first-order chi connectivity index (χ1) is 9.10. The summed E-state index contributed by atoms with van der Waals surface area (Å²) in [5.41, 5.74) is 3.48. The van der Waals surface area contributed by atoms with E-state index >= 15 is 0 Å². The first-order valence-electron chi connectivity index (χ1n) is 6.62. The predicted molar refractivity (Wildman–Crippen MR) is 74.4 cm³/mol. The summed E-state index contributed by atoms with van der Waals surface area (Å²) < 4.78 is 27.0. The number of hydrazine groups is 1. The molecule has 0 bridgehead atoms. The van der Waals surface area contributed by atoms with E-state index in [1.54, 1.807) is 6.92 Å². The van der Waals surface area contributed by atoms with Gasteiger partial charge in [-0.25, -0.2) is 8.78 Å². The molecule has 106 valence electrons. The summed E-state index contributed by atoms with van der Waals surface area (Å²) in [6, 6.07) is 2.18. The molecule has 1 atom stereocenters. The Labute approximate surface area is 113 Å². The predicted octanol–water partition coefficient (Wildman–Crippen LogP) is 3.91. The normalized spacial score (nSPS) is 12.4. The van der Waals surface area contributed by atoms with Gasteiger partial charge in [-0.2, -0.15) is 0 Å². The Hall–Kier alpha value is -1.26. The van der Waals surface area contributed by atoms with Crippen molar-refractivity contribution in [3.05, 3.63) is 47.5 Å². The topological polar surface area (TPSA) is 38.0 Å². The second-order valence-electron chi connectivity index (χ2n) is 4.77. The van der Waals surface area contributed by atoms with E-state index in [1.807, 2.05) is 6.08 Å². The highest BCUT2D eigenvalue weighted by Gasteiger charge is 2.16. The van der Waals surface area contributed by atoms with E-state index in [0.717, 1.165) is 38.2 Å². The molecule has 0 aromatic heterocycles. The Balaban J connectivity index is 2.64.